The minimum Gasteiger partial charge on any atom is -0.508 e. The highest BCUT2D eigenvalue weighted by Crippen LogP contribution is 2.22. The summed E-state index contributed by atoms with van der Waals surface area (Å²) in [5, 5.41) is 31.2. The number of ether oxygens (including phenoxy) is 1. The molecule has 0 aliphatic carbocycles. The fourth-order valence-electron chi connectivity index (χ4n) is 1.78. The topological polar surface area (TPSA) is 99.0 Å². The fraction of sp³-hybridized carbons (Fsp3) is 0.417. The van der Waals surface area contributed by atoms with Gasteiger partial charge in [-0.1, -0.05) is 0 Å². The van der Waals surface area contributed by atoms with Crippen LogP contribution in [0.5, 0.6) is 11.5 Å². The first-order valence-corrected chi connectivity index (χ1v) is 5.60. The van der Waals surface area contributed by atoms with Gasteiger partial charge in [0.25, 0.3) is 5.91 Å². The molecule has 1 aliphatic rings. The lowest BCUT2D eigenvalue weighted by Crippen LogP contribution is -2.43. The molecular weight excluding hydrogens is 238 g/mol. The molecule has 1 aromatic carbocycles. The van der Waals surface area contributed by atoms with E-state index in [4.69, 9.17) is 4.74 Å². The van der Waals surface area contributed by atoms with E-state index in [1.54, 1.807) is 0 Å². The third kappa shape index (κ3) is 2.72. The molecule has 1 saturated heterocycles. The van der Waals surface area contributed by atoms with Crippen molar-refractivity contribution < 1.29 is 24.9 Å². The molecule has 1 aliphatic heterocycles. The van der Waals surface area contributed by atoms with Gasteiger partial charge in [-0.3, -0.25) is 4.79 Å². The number of benzene rings is 1. The third-order valence-electron chi connectivity index (χ3n) is 2.89. The SMILES string of the molecule is O=C(NCC1(O)CCOC1)c1cc(O)ccc1O. The molecule has 1 heterocycles. The van der Waals surface area contributed by atoms with Crippen molar-refractivity contribution in [2.75, 3.05) is 19.8 Å². The lowest BCUT2D eigenvalue weighted by molar-refractivity contribution is 0.0264. The molecule has 1 unspecified atom stereocenters. The number of carbonyl (C=O) groups is 1. The minimum absolute atomic E-state index is 0.0301. The van der Waals surface area contributed by atoms with E-state index in [0.717, 1.165) is 0 Å². The van der Waals surface area contributed by atoms with Crippen LogP contribution in [0.25, 0.3) is 0 Å². The Bertz CT molecular complexity index is 454. The average molecular weight is 253 g/mol. The normalized spacial score (nSPS) is 22.9. The molecule has 0 spiro atoms. The molecule has 18 heavy (non-hydrogen) atoms. The number of rotatable bonds is 3. The van der Waals surface area contributed by atoms with E-state index in [9.17, 15) is 20.1 Å². The highest BCUT2D eigenvalue weighted by Gasteiger charge is 2.32. The fourth-order valence-corrected chi connectivity index (χ4v) is 1.78. The second-order valence-electron chi connectivity index (χ2n) is 4.41. The monoisotopic (exact) mass is 253 g/mol. The van der Waals surface area contributed by atoms with Crippen LogP contribution in [0.1, 0.15) is 16.8 Å². The summed E-state index contributed by atoms with van der Waals surface area (Å²) < 4.78 is 5.05. The van der Waals surface area contributed by atoms with Gasteiger partial charge in [0.15, 0.2) is 0 Å². The number of phenolic OH excluding ortho intramolecular Hbond substituents is 2. The van der Waals surface area contributed by atoms with E-state index in [1.807, 2.05) is 0 Å². The Morgan fingerprint density at radius 3 is 2.89 bits per heavy atom. The van der Waals surface area contributed by atoms with E-state index in [0.29, 0.717) is 13.0 Å². The molecule has 0 aromatic heterocycles. The third-order valence-corrected chi connectivity index (χ3v) is 2.89. The van der Waals surface area contributed by atoms with Gasteiger partial charge >= 0.3 is 0 Å². The van der Waals surface area contributed by atoms with Crippen LogP contribution >= 0.6 is 0 Å². The Labute approximate surface area is 104 Å². The standard InChI is InChI=1S/C12H15NO5/c14-8-1-2-10(15)9(5-8)11(16)13-6-12(17)3-4-18-7-12/h1-2,5,14-15,17H,3-4,6-7H2,(H,13,16). The summed E-state index contributed by atoms with van der Waals surface area (Å²) in [7, 11) is 0. The number of hydrogen-bond donors (Lipinski definition) is 4. The summed E-state index contributed by atoms with van der Waals surface area (Å²) in [5.41, 5.74) is -1.08. The predicted molar refractivity (Wildman–Crippen MR) is 62.5 cm³/mol. The zero-order valence-corrected chi connectivity index (χ0v) is 9.72. The van der Waals surface area contributed by atoms with Crippen molar-refractivity contribution in [1.29, 1.82) is 0 Å². The van der Waals surface area contributed by atoms with Crippen molar-refractivity contribution in [2.45, 2.75) is 12.0 Å². The molecule has 1 amide bonds. The number of aliphatic hydroxyl groups is 1. The Kier molecular flexibility index (Phi) is 3.40. The largest absolute Gasteiger partial charge is 0.508 e. The zero-order chi connectivity index (χ0) is 13.2. The number of aromatic hydroxyl groups is 2. The van der Waals surface area contributed by atoms with Crippen molar-refractivity contribution in [1.82, 2.24) is 5.32 Å². The van der Waals surface area contributed by atoms with Gasteiger partial charge in [-0.05, 0) is 18.2 Å². The van der Waals surface area contributed by atoms with Gasteiger partial charge < -0.3 is 25.4 Å². The number of phenols is 2. The van der Waals surface area contributed by atoms with E-state index < -0.39 is 11.5 Å². The molecule has 0 radical (unpaired) electrons. The zero-order valence-electron chi connectivity index (χ0n) is 9.72. The first-order chi connectivity index (χ1) is 8.50. The van der Waals surface area contributed by atoms with Gasteiger partial charge in [0.2, 0.25) is 0 Å². The summed E-state index contributed by atoms with van der Waals surface area (Å²) in [4.78, 5) is 11.8. The molecule has 1 aromatic rings. The van der Waals surface area contributed by atoms with Crippen molar-refractivity contribution in [3.63, 3.8) is 0 Å². The van der Waals surface area contributed by atoms with Crippen LogP contribution in [0.3, 0.4) is 0 Å². The number of carbonyl (C=O) groups excluding carboxylic acids is 1. The molecular formula is C12H15NO5. The van der Waals surface area contributed by atoms with Gasteiger partial charge in [-0.25, -0.2) is 0 Å². The van der Waals surface area contributed by atoms with Gasteiger partial charge in [-0.2, -0.15) is 0 Å². The Morgan fingerprint density at radius 1 is 1.44 bits per heavy atom. The maximum Gasteiger partial charge on any atom is 0.255 e. The molecule has 0 saturated carbocycles. The lowest BCUT2D eigenvalue weighted by atomic mass is 10.0. The first kappa shape index (κ1) is 12.7. The molecule has 98 valence electrons. The molecule has 0 bridgehead atoms. The summed E-state index contributed by atoms with van der Waals surface area (Å²) in [6, 6.07) is 3.68. The summed E-state index contributed by atoms with van der Waals surface area (Å²) in [6.07, 6.45) is 0.458. The van der Waals surface area contributed by atoms with Crippen molar-refractivity contribution >= 4 is 5.91 Å². The molecule has 6 nitrogen and oxygen atoms in total. The van der Waals surface area contributed by atoms with Gasteiger partial charge in [0.1, 0.15) is 17.1 Å². The summed E-state index contributed by atoms with van der Waals surface area (Å²) in [5.74, 6) is -0.885. The summed E-state index contributed by atoms with van der Waals surface area (Å²) >= 11 is 0. The van der Waals surface area contributed by atoms with Crippen molar-refractivity contribution in [3.8, 4) is 11.5 Å². The van der Waals surface area contributed by atoms with E-state index in [2.05, 4.69) is 5.32 Å². The Balaban J connectivity index is 2.01. The molecule has 6 heteroatoms. The second-order valence-corrected chi connectivity index (χ2v) is 4.41. The molecule has 4 N–H and O–H groups in total. The highest BCUT2D eigenvalue weighted by molar-refractivity contribution is 5.97. The molecule has 1 atom stereocenters. The maximum atomic E-state index is 11.8. The van der Waals surface area contributed by atoms with Crippen LogP contribution in [-0.2, 0) is 4.74 Å². The molecule has 2 rings (SSSR count). The Hall–Kier alpha value is -1.79. The van der Waals surface area contributed by atoms with Crippen LogP contribution in [0.15, 0.2) is 18.2 Å². The van der Waals surface area contributed by atoms with Crippen molar-refractivity contribution in [3.05, 3.63) is 23.8 Å². The smallest absolute Gasteiger partial charge is 0.255 e. The number of nitrogens with one attached hydrogen (secondary N) is 1. The quantitative estimate of drug-likeness (QED) is 0.567. The first-order valence-electron chi connectivity index (χ1n) is 5.60. The van der Waals surface area contributed by atoms with Gasteiger partial charge in [0.05, 0.1) is 12.2 Å². The minimum atomic E-state index is -1.05. The Morgan fingerprint density at radius 2 is 2.22 bits per heavy atom. The van der Waals surface area contributed by atoms with Crippen LogP contribution in [0.4, 0.5) is 0 Å². The van der Waals surface area contributed by atoms with E-state index in [-0.39, 0.29) is 30.2 Å². The van der Waals surface area contributed by atoms with Crippen LogP contribution < -0.4 is 5.32 Å². The average Bonchev–Trinajstić information content (AvgIpc) is 2.77. The maximum absolute atomic E-state index is 11.8. The highest BCUT2D eigenvalue weighted by atomic mass is 16.5. The summed E-state index contributed by atoms with van der Waals surface area (Å²) in [6.45, 7) is 0.685. The lowest BCUT2D eigenvalue weighted by Gasteiger charge is -2.20. The number of amides is 1. The number of hydrogen-bond acceptors (Lipinski definition) is 5. The van der Waals surface area contributed by atoms with Crippen molar-refractivity contribution in [2.24, 2.45) is 0 Å². The van der Waals surface area contributed by atoms with Gasteiger partial charge in [-0.15, -0.1) is 0 Å². The van der Waals surface area contributed by atoms with Crippen LogP contribution in [-0.4, -0.2) is 46.6 Å². The van der Waals surface area contributed by atoms with Crippen LogP contribution in [0.2, 0.25) is 0 Å². The second kappa shape index (κ2) is 4.83. The van der Waals surface area contributed by atoms with Crippen LogP contribution in [0, 0.1) is 0 Å². The van der Waals surface area contributed by atoms with E-state index >= 15 is 0 Å². The predicted octanol–water partition coefficient (Wildman–Crippen LogP) is -0.0210. The molecule has 1 fully saturated rings. The van der Waals surface area contributed by atoms with E-state index in [1.165, 1.54) is 18.2 Å². The van der Waals surface area contributed by atoms with Gasteiger partial charge in [0, 0.05) is 19.6 Å².